The second-order valence-corrected chi connectivity index (χ2v) is 13.6. The Morgan fingerprint density at radius 3 is 1.88 bits per heavy atom. The minimum Gasteiger partial charge on any atom is -0.453 e. The van der Waals surface area contributed by atoms with E-state index in [1.807, 2.05) is 48.5 Å². The van der Waals surface area contributed by atoms with Gasteiger partial charge in [-0.15, -0.1) is 0 Å². The highest BCUT2D eigenvalue weighted by Crippen LogP contribution is 2.34. The van der Waals surface area contributed by atoms with Gasteiger partial charge in [0, 0.05) is 30.1 Å². The summed E-state index contributed by atoms with van der Waals surface area (Å²) in [5, 5.41) is 8.19. The lowest BCUT2D eigenvalue weighted by atomic mass is 10.1. The standard InChI is InChI=1S/C42H42N10O6/c1-25(47-39(53)34(50-41(55)57-2)27-11-6-4-7-12-27)36-45-23-31(48-36)26-16-18-29(19-17-26)37-43-21-30(22-44-37)32-24-46-38(49-32)33-15-10-20-52(33)40(54)35(51-42(56)58-3)28-13-8-5-9-14-28/h4-9,11-14,16-19,21-25,33-35H,10,15,20H2,1-3H3,(H,45,48)(H,46,49)(H,47,53)(H,50,55)(H,51,56)/t25-,33-,34+,35?/m0/s1. The monoisotopic (exact) mass is 782 g/mol. The van der Waals surface area contributed by atoms with Gasteiger partial charge in [0.05, 0.1) is 50.1 Å². The summed E-state index contributed by atoms with van der Waals surface area (Å²) < 4.78 is 9.53. The highest BCUT2D eigenvalue weighted by Gasteiger charge is 2.37. The fourth-order valence-corrected chi connectivity index (χ4v) is 6.85. The first kappa shape index (κ1) is 38.9. The van der Waals surface area contributed by atoms with Crippen LogP contribution in [0.15, 0.2) is 110 Å². The lowest BCUT2D eigenvalue weighted by Gasteiger charge is -2.28. The van der Waals surface area contributed by atoms with E-state index in [2.05, 4.69) is 45.9 Å². The van der Waals surface area contributed by atoms with Gasteiger partial charge in [0.15, 0.2) is 5.82 Å². The first-order valence-corrected chi connectivity index (χ1v) is 18.6. The molecule has 0 saturated carbocycles. The Balaban J connectivity index is 0.990. The van der Waals surface area contributed by atoms with Crippen LogP contribution in [0.2, 0.25) is 0 Å². The van der Waals surface area contributed by atoms with Crippen LogP contribution >= 0.6 is 0 Å². The first-order valence-electron chi connectivity index (χ1n) is 18.6. The summed E-state index contributed by atoms with van der Waals surface area (Å²) in [4.78, 5) is 78.0. The van der Waals surface area contributed by atoms with Crippen LogP contribution in [0.4, 0.5) is 9.59 Å². The van der Waals surface area contributed by atoms with E-state index < -0.39 is 36.2 Å². The number of carbonyl (C=O) groups is 4. The van der Waals surface area contributed by atoms with E-state index in [0.29, 0.717) is 47.3 Å². The smallest absolute Gasteiger partial charge is 0.407 e. The van der Waals surface area contributed by atoms with Crippen LogP contribution in [-0.2, 0) is 19.1 Å². The molecular formula is C42H42N10O6. The predicted molar refractivity (Wildman–Crippen MR) is 212 cm³/mol. The van der Waals surface area contributed by atoms with Crippen molar-refractivity contribution in [1.29, 1.82) is 0 Å². The molecule has 4 amide bonds. The van der Waals surface area contributed by atoms with Crippen molar-refractivity contribution in [3.63, 3.8) is 0 Å². The van der Waals surface area contributed by atoms with Crippen LogP contribution in [0.1, 0.15) is 66.7 Å². The van der Waals surface area contributed by atoms with Gasteiger partial charge < -0.3 is 40.3 Å². The van der Waals surface area contributed by atoms with Crippen molar-refractivity contribution in [1.82, 2.24) is 50.8 Å². The molecule has 4 heterocycles. The van der Waals surface area contributed by atoms with Gasteiger partial charge in [-0.3, -0.25) is 9.59 Å². The van der Waals surface area contributed by atoms with Crippen molar-refractivity contribution in [2.24, 2.45) is 0 Å². The molecule has 16 heteroatoms. The Morgan fingerprint density at radius 2 is 1.24 bits per heavy atom. The maximum absolute atomic E-state index is 13.9. The van der Waals surface area contributed by atoms with Crippen molar-refractivity contribution in [2.75, 3.05) is 20.8 Å². The number of methoxy groups -OCH3 is 2. The molecule has 0 bridgehead atoms. The highest BCUT2D eigenvalue weighted by atomic mass is 16.5. The number of nitrogens with one attached hydrogen (secondary N) is 5. The van der Waals surface area contributed by atoms with Crippen molar-refractivity contribution in [3.05, 3.63) is 132 Å². The summed E-state index contributed by atoms with van der Waals surface area (Å²) in [6.07, 6.45) is 6.93. The molecule has 1 aliphatic rings. The summed E-state index contributed by atoms with van der Waals surface area (Å²) in [6, 6.07) is 23.0. The maximum Gasteiger partial charge on any atom is 0.407 e. The number of aromatic amines is 2. The molecule has 1 aliphatic heterocycles. The third-order valence-corrected chi connectivity index (χ3v) is 9.90. The number of amides is 4. The molecule has 1 fully saturated rings. The number of hydrogen-bond acceptors (Lipinski definition) is 10. The normalized spacial score (nSPS) is 15.2. The third kappa shape index (κ3) is 8.70. The average Bonchev–Trinajstić information content (AvgIpc) is 4.07. The topological polar surface area (TPSA) is 209 Å². The molecule has 1 unspecified atom stereocenters. The second kappa shape index (κ2) is 17.6. The molecule has 3 aromatic carbocycles. The molecule has 1 saturated heterocycles. The van der Waals surface area contributed by atoms with Crippen LogP contribution in [0.5, 0.6) is 0 Å². The number of alkyl carbamates (subject to hydrolysis) is 2. The molecule has 7 rings (SSSR count). The molecule has 0 aliphatic carbocycles. The van der Waals surface area contributed by atoms with Gasteiger partial charge in [0.1, 0.15) is 23.7 Å². The third-order valence-electron chi connectivity index (χ3n) is 9.90. The largest absolute Gasteiger partial charge is 0.453 e. The van der Waals surface area contributed by atoms with Gasteiger partial charge in [0.2, 0.25) is 5.91 Å². The minimum atomic E-state index is -0.954. The fraction of sp³-hybridized carbons (Fsp3) is 0.238. The molecule has 4 atom stereocenters. The number of carbonyl (C=O) groups excluding carboxylic acids is 4. The number of ether oxygens (including phenoxy) is 2. The summed E-state index contributed by atoms with van der Waals surface area (Å²) in [5.41, 5.74) is 5.13. The Hall–Kier alpha value is -7.36. The second-order valence-electron chi connectivity index (χ2n) is 13.6. The quantitative estimate of drug-likeness (QED) is 0.0984. The van der Waals surface area contributed by atoms with E-state index >= 15 is 0 Å². The van der Waals surface area contributed by atoms with Crippen molar-refractivity contribution in [3.8, 4) is 33.9 Å². The number of rotatable bonds is 12. The summed E-state index contributed by atoms with van der Waals surface area (Å²) in [7, 11) is 2.51. The minimum absolute atomic E-state index is 0.245. The molecule has 3 aromatic heterocycles. The van der Waals surface area contributed by atoms with Crippen LogP contribution in [0, 0.1) is 0 Å². The molecule has 5 N–H and O–H groups in total. The van der Waals surface area contributed by atoms with Gasteiger partial charge in [-0.2, -0.15) is 0 Å². The zero-order chi connectivity index (χ0) is 40.6. The van der Waals surface area contributed by atoms with E-state index in [4.69, 9.17) is 9.47 Å². The van der Waals surface area contributed by atoms with E-state index in [-0.39, 0.29) is 11.9 Å². The van der Waals surface area contributed by atoms with E-state index in [0.717, 1.165) is 28.8 Å². The number of hydrogen-bond donors (Lipinski definition) is 5. The Bertz CT molecular complexity index is 2350. The van der Waals surface area contributed by atoms with Gasteiger partial charge in [-0.25, -0.2) is 29.5 Å². The van der Waals surface area contributed by atoms with Crippen LogP contribution < -0.4 is 16.0 Å². The lowest BCUT2D eigenvalue weighted by molar-refractivity contribution is -0.134. The zero-order valence-corrected chi connectivity index (χ0v) is 32.0. The number of imidazole rings is 2. The van der Waals surface area contributed by atoms with Gasteiger partial charge in [0.25, 0.3) is 5.91 Å². The van der Waals surface area contributed by atoms with Crippen molar-refractivity contribution >= 4 is 24.0 Å². The maximum atomic E-state index is 13.9. The van der Waals surface area contributed by atoms with Crippen LogP contribution in [0.3, 0.4) is 0 Å². The fourth-order valence-electron chi connectivity index (χ4n) is 6.85. The summed E-state index contributed by atoms with van der Waals surface area (Å²) in [6.45, 7) is 2.32. The number of likely N-dealkylation sites (tertiary alicyclic amines) is 1. The number of aromatic nitrogens is 6. The van der Waals surface area contributed by atoms with E-state index in [1.165, 1.54) is 14.2 Å². The number of H-pyrrole nitrogens is 2. The molecule has 296 valence electrons. The molecule has 6 aromatic rings. The highest BCUT2D eigenvalue weighted by molar-refractivity contribution is 5.88. The van der Waals surface area contributed by atoms with Crippen LogP contribution in [-0.4, -0.2) is 79.6 Å². The zero-order valence-electron chi connectivity index (χ0n) is 32.0. The molecule has 58 heavy (non-hydrogen) atoms. The van der Waals surface area contributed by atoms with E-state index in [1.54, 1.807) is 73.0 Å². The van der Waals surface area contributed by atoms with E-state index in [9.17, 15) is 19.2 Å². The number of nitrogens with zero attached hydrogens (tertiary/aromatic N) is 5. The average molecular weight is 783 g/mol. The predicted octanol–water partition coefficient (Wildman–Crippen LogP) is 5.96. The van der Waals surface area contributed by atoms with Gasteiger partial charge in [-0.05, 0) is 36.5 Å². The van der Waals surface area contributed by atoms with Crippen molar-refractivity contribution in [2.45, 2.75) is 43.9 Å². The Kier molecular flexibility index (Phi) is 11.8. The molecule has 0 radical (unpaired) electrons. The van der Waals surface area contributed by atoms with Crippen LogP contribution in [0.25, 0.3) is 33.9 Å². The van der Waals surface area contributed by atoms with Gasteiger partial charge in [-0.1, -0.05) is 84.9 Å². The molecule has 0 spiro atoms. The Labute approximate surface area is 333 Å². The SMILES string of the molecule is COC(=O)NC(C(=O)N1CCC[C@H]1c1ncc(-c2cnc(-c3ccc(-c4cnc([C@H](C)NC(=O)[C@H](NC(=O)OC)c5ccccc5)[nH]4)cc3)nc2)[nH]1)c1ccccc1. The Morgan fingerprint density at radius 1 is 0.672 bits per heavy atom. The molecule has 16 nitrogen and oxygen atoms in total. The first-order chi connectivity index (χ1) is 28.2. The summed E-state index contributed by atoms with van der Waals surface area (Å²) >= 11 is 0. The summed E-state index contributed by atoms with van der Waals surface area (Å²) in [5.74, 6) is 1.04. The lowest BCUT2D eigenvalue weighted by Crippen LogP contribution is -2.42. The van der Waals surface area contributed by atoms with Gasteiger partial charge >= 0.3 is 12.2 Å². The van der Waals surface area contributed by atoms with Crippen molar-refractivity contribution < 1.29 is 28.7 Å². The molecular weight excluding hydrogens is 741 g/mol. The number of benzene rings is 3.